The molecule has 12 heavy (non-hydrogen) atoms. The summed E-state index contributed by atoms with van der Waals surface area (Å²) in [7, 11) is 0. The van der Waals surface area contributed by atoms with Crippen molar-refractivity contribution >= 4 is 5.84 Å². The molecule has 3 N–H and O–H groups in total. The van der Waals surface area contributed by atoms with E-state index in [-0.39, 0.29) is 0 Å². The van der Waals surface area contributed by atoms with E-state index < -0.39 is 0 Å². The first kappa shape index (κ1) is 9.52. The number of rotatable bonds is 6. The molecule has 1 rings (SSSR count). The maximum absolute atomic E-state index is 7.08. The van der Waals surface area contributed by atoms with E-state index in [9.17, 15) is 0 Å². The number of nitrogens with two attached hydrogens (primary N) is 1. The molecule has 0 bridgehead atoms. The van der Waals surface area contributed by atoms with E-state index in [0.29, 0.717) is 5.84 Å². The van der Waals surface area contributed by atoms with Crippen LogP contribution in [0.2, 0.25) is 0 Å². The third-order valence-electron chi connectivity index (χ3n) is 2.36. The zero-order chi connectivity index (χ0) is 8.97. The van der Waals surface area contributed by atoms with Gasteiger partial charge in [-0.05, 0) is 32.4 Å². The molecule has 3 heteroatoms. The largest absolute Gasteiger partial charge is 0.388 e. The van der Waals surface area contributed by atoms with Gasteiger partial charge in [0.05, 0.1) is 5.84 Å². The molecule has 70 valence electrons. The highest BCUT2D eigenvalue weighted by Gasteiger charge is 2.26. The van der Waals surface area contributed by atoms with Crippen LogP contribution < -0.4 is 5.73 Å². The Kier molecular flexibility index (Phi) is 3.53. The number of nitrogens with one attached hydrogen (secondary N) is 1. The van der Waals surface area contributed by atoms with Crippen molar-refractivity contribution < 1.29 is 0 Å². The Labute approximate surface area is 74.4 Å². The number of hydrogen-bond acceptors (Lipinski definition) is 2. The molecule has 0 aliphatic heterocycles. The van der Waals surface area contributed by atoms with E-state index >= 15 is 0 Å². The predicted octanol–water partition coefficient (Wildman–Crippen LogP) is 1.19. The summed E-state index contributed by atoms with van der Waals surface area (Å²) >= 11 is 0. The van der Waals surface area contributed by atoms with Gasteiger partial charge in [-0.3, -0.25) is 5.41 Å². The Morgan fingerprint density at radius 3 is 2.67 bits per heavy atom. The molecule has 0 atom stereocenters. The first-order valence-corrected chi connectivity index (χ1v) is 4.81. The Morgan fingerprint density at radius 1 is 1.58 bits per heavy atom. The minimum Gasteiger partial charge on any atom is -0.388 e. The highest BCUT2D eigenvalue weighted by Crippen LogP contribution is 2.26. The van der Waals surface area contributed by atoms with Crippen LogP contribution in [0.4, 0.5) is 0 Å². The van der Waals surface area contributed by atoms with Gasteiger partial charge in [-0.2, -0.15) is 0 Å². The molecule has 1 aliphatic carbocycles. The van der Waals surface area contributed by atoms with E-state index in [2.05, 4.69) is 11.8 Å². The van der Waals surface area contributed by atoms with Crippen LogP contribution in [0.1, 0.15) is 32.6 Å². The maximum atomic E-state index is 7.08. The number of hydrogen-bond donors (Lipinski definition) is 2. The zero-order valence-electron chi connectivity index (χ0n) is 7.84. The molecule has 3 nitrogen and oxygen atoms in total. The summed E-state index contributed by atoms with van der Waals surface area (Å²) in [5.41, 5.74) is 5.28. The van der Waals surface area contributed by atoms with Gasteiger partial charge in [0.1, 0.15) is 0 Å². The zero-order valence-corrected chi connectivity index (χ0v) is 7.84. The van der Waals surface area contributed by atoms with Crippen molar-refractivity contribution in [2.45, 2.75) is 38.6 Å². The molecule has 0 amide bonds. The maximum Gasteiger partial charge on any atom is 0.0905 e. The van der Waals surface area contributed by atoms with Crippen LogP contribution in [0.5, 0.6) is 0 Å². The lowest BCUT2D eigenvalue weighted by molar-refractivity contribution is 0.276. The van der Waals surface area contributed by atoms with Gasteiger partial charge in [-0.1, -0.05) is 6.92 Å². The van der Waals surface area contributed by atoms with Gasteiger partial charge < -0.3 is 10.6 Å². The lowest BCUT2D eigenvalue weighted by atomic mass is 10.2. The number of amidine groups is 1. The van der Waals surface area contributed by atoms with Gasteiger partial charge in [0.2, 0.25) is 0 Å². The minimum absolute atomic E-state index is 0.321. The van der Waals surface area contributed by atoms with Crippen LogP contribution in [0, 0.1) is 5.41 Å². The molecule has 0 heterocycles. The Morgan fingerprint density at radius 2 is 2.25 bits per heavy atom. The van der Waals surface area contributed by atoms with Gasteiger partial charge in [0, 0.05) is 12.5 Å². The predicted molar refractivity (Wildman–Crippen MR) is 51.4 cm³/mol. The van der Waals surface area contributed by atoms with Crippen molar-refractivity contribution in [2.75, 3.05) is 13.1 Å². The minimum atomic E-state index is 0.321. The average Bonchev–Trinajstić information content (AvgIpc) is 2.80. The molecule has 0 saturated heterocycles. The third-order valence-corrected chi connectivity index (χ3v) is 2.36. The third kappa shape index (κ3) is 3.22. The van der Waals surface area contributed by atoms with Gasteiger partial charge in [-0.25, -0.2) is 0 Å². The Balaban J connectivity index is 2.06. The van der Waals surface area contributed by atoms with Crippen molar-refractivity contribution in [3.05, 3.63) is 0 Å². The second kappa shape index (κ2) is 4.45. The second-order valence-corrected chi connectivity index (χ2v) is 3.49. The molecular weight excluding hydrogens is 150 g/mol. The van der Waals surface area contributed by atoms with Crippen LogP contribution in [-0.2, 0) is 0 Å². The fourth-order valence-electron chi connectivity index (χ4n) is 1.51. The quantitative estimate of drug-likeness (QED) is 0.463. The Hall–Kier alpha value is -0.570. The molecule has 0 aromatic rings. The highest BCUT2D eigenvalue weighted by atomic mass is 15.2. The van der Waals surface area contributed by atoms with E-state index in [1.807, 2.05) is 0 Å². The van der Waals surface area contributed by atoms with E-state index in [1.165, 1.54) is 12.8 Å². The summed E-state index contributed by atoms with van der Waals surface area (Å²) in [5, 5.41) is 7.08. The topological polar surface area (TPSA) is 53.1 Å². The molecule has 0 aromatic heterocycles. The fourth-order valence-corrected chi connectivity index (χ4v) is 1.51. The normalized spacial score (nSPS) is 16.8. The van der Waals surface area contributed by atoms with Crippen molar-refractivity contribution in [1.82, 2.24) is 4.90 Å². The fraction of sp³-hybridized carbons (Fsp3) is 0.889. The average molecular weight is 169 g/mol. The van der Waals surface area contributed by atoms with E-state index in [1.54, 1.807) is 0 Å². The Bertz CT molecular complexity index is 152. The van der Waals surface area contributed by atoms with E-state index in [4.69, 9.17) is 11.1 Å². The standard InChI is InChI=1S/C9H19N3/c1-2-12(8-5-6-8)7-3-4-9(10)11/h8H,2-7H2,1H3,(H3,10,11). The summed E-state index contributed by atoms with van der Waals surface area (Å²) in [6.45, 7) is 4.45. The molecular formula is C9H19N3. The highest BCUT2D eigenvalue weighted by molar-refractivity contribution is 5.76. The van der Waals surface area contributed by atoms with Gasteiger partial charge in [0.15, 0.2) is 0 Å². The van der Waals surface area contributed by atoms with Crippen molar-refractivity contribution in [2.24, 2.45) is 5.73 Å². The molecule has 0 aromatic carbocycles. The van der Waals surface area contributed by atoms with Crippen LogP contribution in [0.25, 0.3) is 0 Å². The summed E-state index contributed by atoms with van der Waals surface area (Å²) in [4.78, 5) is 2.49. The molecule has 1 saturated carbocycles. The van der Waals surface area contributed by atoms with Gasteiger partial charge in [0.25, 0.3) is 0 Å². The molecule has 0 unspecified atom stereocenters. The van der Waals surface area contributed by atoms with Crippen molar-refractivity contribution in [3.63, 3.8) is 0 Å². The summed E-state index contributed by atoms with van der Waals surface area (Å²) < 4.78 is 0. The molecule has 1 fully saturated rings. The summed E-state index contributed by atoms with van der Waals surface area (Å²) in [6, 6.07) is 0.849. The van der Waals surface area contributed by atoms with Crippen LogP contribution in [0.3, 0.4) is 0 Å². The second-order valence-electron chi connectivity index (χ2n) is 3.49. The number of nitrogens with zero attached hydrogens (tertiary/aromatic N) is 1. The van der Waals surface area contributed by atoms with Crippen molar-refractivity contribution in [3.8, 4) is 0 Å². The lowest BCUT2D eigenvalue weighted by Gasteiger charge is -2.18. The summed E-state index contributed by atoms with van der Waals surface area (Å²) in [6.07, 6.45) is 4.53. The SMILES string of the molecule is CCN(CCCC(=N)N)C1CC1. The van der Waals surface area contributed by atoms with Gasteiger partial charge in [-0.15, -0.1) is 0 Å². The molecule has 0 radical (unpaired) electrons. The van der Waals surface area contributed by atoms with Crippen LogP contribution >= 0.6 is 0 Å². The smallest absolute Gasteiger partial charge is 0.0905 e. The summed E-state index contributed by atoms with van der Waals surface area (Å²) in [5.74, 6) is 0.321. The first-order valence-electron chi connectivity index (χ1n) is 4.81. The monoisotopic (exact) mass is 169 g/mol. The molecule has 1 aliphatic rings. The molecule has 0 spiro atoms. The van der Waals surface area contributed by atoms with Crippen molar-refractivity contribution in [1.29, 1.82) is 5.41 Å². The van der Waals surface area contributed by atoms with Crippen LogP contribution in [0.15, 0.2) is 0 Å². The van der Waals surface area contributed by atoms with Gasteiger partial charge >= 0.3 is 0 Å². The van der Waals surface area contributed by atoms with E-state index in [0.717, 1.165) is 32.0 Å². The van der Waals surface area contributed by atoms with Crippen LogP contribution in [-0.4, -0.2) is 29.9 Å². The lowest BCUT2D eigenvalue weighted by Crippen LogP contribution is -2.27. The first-order chi connectivity index (χ1) is 5.74.